The number of rotatable bonds is 4. The third-order valence-corrected chi connectivity index (χ3v) is 3.64. The summed E-state index contributed by atoms with van der Waals surface area (Å²) in [7, 11) is 3.34. The lowest BCUT2D eigenvalue weighted by molar-refractivity contribution is -0.137. The molecule has 1 aromatic heterocycles. The van der Waals surface area contributed by atoms with Crippen LogP contribution in [0.4, 0.5) is 0 Å². The van der Waals surface area contributed by atoms with E-state index in [1.165, 1.54) is 4.90 Å². The van der Waals surface area contributed by atoms with Crippen molar-refractivity contribution < 1.29 is 14.7 Å². The molecule has 0 atom stereocenters. The first kappa shape index (κ1) is 14.4. The van der Waals surface area contributed by atoms with Crippen molar-refractivity contribution in [3.05, 3.63) is 35.0 Å². The maximum atomic E-state index is 12.4. The lowest BCUT2D eigenvalue weighted by Gasteiger charge is -2.16. The molecule has 0 fully saturated rings. The predicted octanol–water partition coefficient (Wildman–Crippen LogP) is 2.38. The Hall–Kier alpha value is -2.01. The Morgan fingerprint density at radius 3 is 2.60 bits per heavy atom. The highest BCUT2D eigenvalue weighted by Gasteiger charge is 2.22. The van der Waals surface area contributed by atoms with Crippen molar-refractivity contribution in [1.29, 1.82) is 0 Å². The summed E-state index contributed by atoms with van der Waals surface area (Å²) in [6.45, 7) is 0.145. The van der Waals surface area contributed by atoms with E-state index >= 15 is 0 Å². The number of aliphatic carboxylic acids is 1. The second-order valence-electron chi connectivity index (χ2n) is 4.61. The fourth-order valence-electron chi connectivity index (χ4n) is 2.13. The number of fused-ring (bicyclic) bond motifs is 1. The van der Waals surface area contributed by atoms with Gasteiger partial charge >= 0.3 is 5.97 Å². The fourth-order valence-corrected chi connectivity index (χ4v) is 2.50. The van der Waals surface area contributed by atoms with Crippen LogP contribution in [0.3, 0.4) is 0 Å². The standard InChI is InChI=1S/C14H15ClN2O3/c1-16(8-7-11(18)19)14(20)13-12(15)9-5-3-4-6-10(9)17(13)2/h3-6H,7-8H2,1-2H3,(H,18,19). The number of carbonyl (C=O) groups excluding carboxylic acids is 1. The molecule has 1 aromatic carbocycles. The van der Waals surface area contributed by atoms with Gasteiger partial charge in [-0.15, -0.1) is 0 Å². The second-order valence-corrected chi connectivity index (χ2v) is 4.99. The monoisotopic (exact) mass is 294 g/mol. The molecule has 2 aromatic rings. The van der Waals surface area contributed by atoms with E-state index in [9.17, 15) is 9.59 Å². The number of hydrogen-bond acceptors (Lipinski definition) is 2. The first-order chi connectivity index (χ1) is 9.43. The number of aryl methyl sites for hydroxylation is 1. The molecule has 0 aliphatic carbocycles. The Balaban J connectivity index is 2.37. The summed E-state index contributed by atoms with van der Waals surface area (Å²) in [5, 5.41) is 9.88. The first-order valence-electron chi connectivity index (χ1n) is 6.13. The Bertz CT molecular complexity index is 639. The number of amides is 1. The van der Waals surface area contributed by atoms with E-state index in [0.717, 1.165) is 10.9 Å². The average molecular weight is 295 g/mol. The molecule has 5 nitrogen and oxygen atoms in total. The van der Waals surface area contributed by atoms with Crippen molar-refractivity contribution in [3.8, 4) is 0 Å². The van der Waals surface area contributed by atoms with Crippen molar-refractivity contribution in [1.82, 2.24) is 9.47 Å². The molecule has 0 spiro atoms. The summed E-state index contributed by atoms with van der Waals surface area (Å²) >= 11 is 6.28. The maximum Gasteiger partial charge on any atom is 0.305 e. The van der Waals surface area contributed by atoms with Gasteiger partial charge in [0, 0.05) is 31.5 Å². The van der Waals surface area contributed by atoms with E-state index in [1.807, 2.05) is 24.3 Å². The van der Waals surface area contributed by atoms with Crippen molar-refractivity contribution in [2.24, 2.45) is 7.05 Å². The average Bonchev–Trinajstić information content (AvgIpc) is 2.68. The number of carboxylic acids is 1. The molecule has 0 aliphatic heterocycles. The third-order valence-electron chi connectivity index (χ3n) is 3.26. The highest BCUT2D eigenvalue weighted by atomic mass is 35.5. The quantitative estimate of drug-likeness (QED) is 0.941. The van der Waals surface area contributed by atoms with E-state index < -0.39 is 5.97 Å². The summed E-state index contributed by atoms with van der Waals surface area (Å²) in [6, 6.07) is 7.47. The van der Waals surface area contributed by atoms with Crippen molar-refractivity contribution in [2.75, 3.05) is 13.6 Å². The summed E-state index contributed by atoms with van der Waals surface area (Å²) in [4.78, 5) is 24.3. The van der Waals surface area contributed by atoms with Crippen LogP contribution in [0, 0.1) is 0 Å². The van der Waals surface area contributed by atoms with E-state index in [0.29, 0.717) is 10.7 Å². The van der Waals surface area contributed by atoms with E-state index in [4.69, 9.17) is 16.7 Å². The largest absolute Gasteiger partial charge is 0.481 e. The van der Waals surface area contributed by atoms with Gasteiger partial charge in [-0.25, -0.2) is 0 Å². The Labute approximate surface area is 121 Å². The summed E-state index contributed by atoms with van der Waals surface area (Å²) in [5.41, 5.74) is 1.24. The van der Waals surface area contributed by atoms with Crippen LogP contribution in [0.5, 0.6) is 0 Å². The van der Waals surface area contributed by atoms with Crippen molar-refractivity contribution in [3.63, 3.8) is 0 Å². The van der Waals surface area contributed by atoms with Crippen molar-refractivity contribution in [2.45, 2.75) is 6.42 Å². The normalized spacial score (nSPS) is 10.8. The van der Waals surface area contributed by atoms with Crippen LogP contribution in [0.25, 0.3) is 10.9 Å². The first-order valence-corrected chi connectivity index (χ1v) is 6.51. The fraction of sp³-hybridized carbons (Fsp3) is 0.286. The minimum Gasteiger partial charge on any atom is -0.481 e. The van der Waals surface area contributed by atoms with Crippen LogP contribution in [0.1, 0.15) is 16.9 Å². The van der Waals surface area contributed by atoms with E-state index in [2.05, 4.69) is 0 Å². The number of para-hydroxylation sites is 1. The highest BCUT2D eigenvalue weighted by molar-refractivity contribution is 6.38. The van der Waals surface area contributed by atoms with Gasteiger partial charge in [-0.05, 0) is 6.07 Å². The molecule has 20 heavy (non-hydrogen) atoms. The number of carboxylic acid groups (broad SMARTS) is 1. The van der Waals surface area contributed by atoms with Gasteiger partial charge in [-0.2, -0.15) is 0 Å². The molecule has 0 radical (unpaired) electrons. The zero-order chi connectivity index (χ0) is 14.9. The number of carbonyl (C=O) groups is 2. The molecule has 0 aliphatic rings. The minimum absolute atomic E-state index is 0.0935. The van der Waals surface area contributed by atoms with Gasteiger partial charge in [0.1, 0.15) is 5.69 Å². The Morgan fingerprint density at radius 1 is 1.35 bits per heavy atom. The minimum atomic E-state index is -0.937. The molecule has 0 saturated carbocycles. The second kappa shape index (κ2) is 5.54. The number of halogens is 1. The Kier molecular flexibility index (Phi) is 3.99. The number of aromatic nitrogens is 1. The summed E-state index contributed by atoms with van der Waals surface area (Å²) in [5.74, 6) is -1.22. The maximum absolute atomic E-state index is 12.4. The van der Waals surface area contributed by atoms with Crippen LogP contribution >= 0.6 is 11.6 Å². The molecule has 1 amide bonds. The predicted molar refractivity (Wildman–Crippen MR) is 77.1 cm³/mol. The topological polar surface area (TPSA) is 62.5 Å². The van der Waals surface area contributed by atoms with Gasteiger partial charge in [0.25, 0.3) is 5.91 Å². The molecular weight excluding hydrogens is 280 g/mol. The SMILES string of the molecule is CN(CCC(=O)O)C(=O)c1c(Cl)c2ccccc2n1C. The molecule has 0 saturated heterocycles. The molecule has 1 N–H and O–H groups in total. The van der Waals surface area contributed by atoms with Crippen molar-refractivity contribution >= 4 is 34.4 Å². The van der Waals surface area contributed by atoms with Crippen LogP contribution in [-0.2, 0) is 11.8 Å². The zero-order valence-electron chi connectivity index (χ0n) is 11.3. The smallest absolute Gasteiger partial charge is 0.305 e. The number of hydrogen-bond donors (Lipinski definition) is 1. The summed E-state index contributed by atoms with van der Waals surface area (Å²) in [6.07, 6.45) is -0.0935. The van der Waals surface area contributed by atoms with Gasteiger partial charge in [0.15, 0.2) is 0 Å². The lowest BCUT2D eigenvalue weighted by Crippen LogP contribution is -2.30. The van der Waals surface area contributed by atoms with Crippen LogP contribution in [-0.4, -0.2) is 40.0 Å². The summed E-state index contributed by atoms with van der Waals surface area (Å²) < 4.78 is 1.73. The molecule has 0 bridgehead atoms. The van der Waals surface area contributed by atoms with Gasteiger partial charge in [-0.3, -0.25) is 9.59 Å². The molecular formula is C14H15ClN2O3. The molecule has 2 rings (SSSR count). The zero-order valence-corrected chi connectivity index (χ0v) is 12.0. The van der Waals surface area contributed by atoms with Crippen LogP contribution in [0.2, 0.25) is 5.02 Å². The third kappa shape index (κ3) is 2.49. The van der Waals surface area contributed by atoms with Gasteiger partial charge in [0.05, 0.1) is 11.4 Å². The lowest BCUT2D eigenvalue weighted by atomic mass is 10.2. The molecule has 6 heteroatoms. The van der Waals surface area contributed by atoms with E-state index in [1.54, 1.807) is 18.7 Å². The Morgan fingerprint density at radius 2 is 2.00 bits per heavy atom. The van der Waals surface area contributed by atoms with Crippen LogP contribution in [0.15, 0.2) is 24.3 Å². The number of nitrogens with zero attached hydrogens (tertiary/aromatic N) is 2. The number of benzene rings is 1. The van der Waals surface area contributed by atoms with Gasteiger partial charge in [0.2, 0.25) is 0 Å². The highest BCUT2D eigenvalue weighted by Crippen LogP contribution is 2.30. The van der Waals surface area contributed by atoms with Gasteiger partial charge in [-0.1, -0.05) is 29.8 Å². The van der Waals surface area contributed by atoms with Crippen LogP contribution < -0.4 is 0 Å². The van der Waals surface area contributed by atoms with Gasteiger partial charge < -0.3 is 14.6 Å². The molecule has 106 valence electrons. The molecule has 1 heterocycles. The molecule has 0 unspecified atom stereocenters. The van der Waals surface area contributed by atoms with E-state index in [-0.39, 0.29) is 18.9 Å².